The van der Waals surface area contributed by atoms with Gasteiger partial charge in [-0.1, -0.05) is 23.2 Å². The van der Waals surface area contributed by atoms with Gasteiger partial charge in [0.1, 0.15) is 6.29 Å². The predicted molar refractivity (Wildman–Crippen MR) is 63.0 cm³/mol. The number of hydrogen-bond donors (Lipinski definition) is 0. The van der Waals surface area contributed by atoms with E-state index in [1.165, 1.54) is 0 Å². The summed E-state index contributed by atoms with van der Waals surface area (Å²) in [6.07, 6.45) is 1.25. The van der Waals surface area contributed by atoms with E-state index < -0.39 is 5.92 Å². The zero-order chi connectivity index (χ0) is 11.7. The molecule has 1 fully saturated rings. The van der Waals surface area contributed by atoms with Crippen LogP contribution in [-0.2, 0) is 9.59 Å². The molecule has 16 heavy (non-hydrogen) atoms. The molecule has 5 heteroatoms. The molecular formula is C11H9Cl2NO2. The summed E-state index contributed by atoms with van der Waals surface area (Å²) in [5, 5.41) is 0.852. The van der Waals surface area contributed by atoms with Gasteiger partial charge in [-0.25, -0.2) is 0 Å². The molecule has 0 spiro atoms. The van der Waals surface area contributed by atoms with E-state index in [0.717, 1.165) is 0 Å². The summed E-state index contributed by atoms with van der Waals surface area (Å²) in [5.41, 5.74) is 0.684. The van der Waals surface area contributed by atoms with Gasteiger partial charge in [0.2, 0.25) is 5.91 Å². The molecule has 1 aliphatic rings. The van der Waals surface area contributed by atoms with Gasteiger partial charge in [0.15, 0.2) is 0 Å². The highest BCUT2D eigenvalue weighted by molar-refractivity contribution is 6.42. The molecule has 84 valence electrons. The number of aldehydes is 1. The van der Waals surface area contributed by atoms with Crippen molar-refractivity contribution in [3.63, 3.8) is 0 Å². The molecule has 0 N–H and O–H groups in total. The molecule has 1 atom stereocenters. The van der Waals surface area contributed by atoms with E-state index in [0.29, 0.717) is 35.0 Å². The minimum Gasteiger partial charge on any atom is -0.312 e. The fraction of sp³-hybridized carbons (Fsp3) is 0.273. The van der Waals surface area contributed by atoms with Gasteiger partial charge in [-0.15, -0.1) is 0 Å². The van der Waals surface area contributed by atoms with Gasteiger partial charge in [0.25, 0.3) is 0 Å². The smallest absolute Gasteiger partial charge is 0.237 e. The fourth-order valence-corrected chi connectivity index (χ4v) is 2.03. The Balaban J connectivity index is 2.29. The third kappa shape index (κ3) is 1.93. The number of halogens is 2. The molecule has 1 aliphatic heterocycles. The van der Waals surface area contributed by atoms with Crippen LogP contribution in [0.1, 0.15) is 6.42 Å². The highest BCUT2D eigenvalue weighted by Gasteiger charge is 2.32. The van der Waals surface area contributed by atoms with Crippen molar-refractivity contribution in [2.75, 3.05) is 11.4 Å². The molecular weight excluding hydrogens is 249 g/mol. The summed E-state index contributed by atoms with van der Waals surface area (Å²) in [4.78, 5) is 23.9. The van der Waals surface area contributed by atoms with Crippen molar-refractivity contribution in [3.05, 3.63) is 28.2 Å². The second kappa shape index (κ2) is 4.44. The molecule has 0 bridgehead atoms. The highest BCUT2D eigenvalue weighted by Crippen LogP contribution is 2.30. The lowest BCUT2D eigenvalue weighted by atomic mass is 10.1. The van der Waals surface area contributed by atoms with Gasteiger partial charge >= 0.3 is 0 Å². The topological polar surface area (TPSA) is 37.4 Å². The van der Waals surface area contributed by atoms with Crippen molar-refractivity contribution in [2.45, 2.75) is 6.42 Å². The third-order valence-corrected chi connectivity index (χ3v) is 3.37. The summed E-state index contributed by atoms with van der Waals surface area (Å²) in [7, 11) is 0. The average molecular weight is 258 g/mol. The van der Waals surface area contributed by atoms with Crippen LogP contribution in [0.25, 0.3) is 0 Å². The first-order valence-electron chi connectivity index (χ1n) is 4.85. The molecule has 1 saturated heterocycles. The van der Waals surface area contributed by atoms with Gasteiger partial charge in [-0.05, 0) is 24.6 Å². The minimum atomic E-state index is -0.519. The van der Waals surface area contributed by atoms with Crippen molar-refractivity contribution in [1.82, 2.24) is 0 Å². The van der Waals surface area contributed by atoms with Crippen molar-refractivity contribution in [1.29, 1.82) is 0 Å². The zero-order valence-corrected chi connectivity index (χ0v) is 9.83. The minimum absolute atomic E-state index is 0.173. The van der Waals surface area contributed by atoms with Crippen LogP contribution in [0.4, 0.5) is 5.69 Å². The molecule has 0 radical (unpaired) electrons. The Morgan fingerprint density at radius 1 is 1.31 bits per heavy atom. The Bertz CT molecular complexity index is 448. The standard InChI is InChI=1S/C11H9Cl2NO2/c12-9-2-1-8(5-10(9)13)14-4-3-7(6-15)11(14)16/h1-2,5-7H,3-4H2. The molecule has 0 aliphatic carbocycles. The lowest BCUT2D eigenvalue weighted by molar-refractivity contribution is -0.124. The van der Waals surface area contributed by atoms with Gasteiger partial charge in [-0.2, -0.15) is 0 Å². The molecule has 2 rings (SSSR count). The highest BCUT2D eigenvalue weighted by atomic mass is 35.5. The van der Waals surface area contributed by atoms with Crippen molar-refractivity contribution < 1.29 is 9.59 Å². The van der Waals surface area contributed by atoms with E-state index >= 15 is 0 Å². The maximum absolute atomic E-state index is 11.8. The molecule has 1 amide bonds. The Morgan fingerprint density at radius 2 is 2.06 bits per heavy atom. The van der Waals surface area contributed by atoms with Gasteiger partial charge in [0.05, 0.1) is 16.0 Å². The number of carbonyl (C=O) groups excluding carboxylic acids is 2. The van der Waals surface area contributed by atoms with Crippen LogP contribution < -0.4 is 4.90 Å². The lowest BCUT2D eigenvalue weighted by Crippen LogP contribution is -2.27. The van der Waals surface area contributed by atoms with Gasteiger partial charge < -0.3 is 9.69 Å². The number of nitrogens with zero attached hydrogens (tertiary/aromatic N) is 1. The third-order valence-electron chi connectivity index (χ3n) is 2.63. The van der Waals surface area contributed by atoms with Crippen LogP contribution in [0.5, 0.6) is 0 Å². The Labute approximate surface area is 103 Å². The van der Waals surface area contributed by atoms with E-state index in [1.807, 2.05) is 0 Å². The molecule has 0 saturated carbocycles. The van der Waals surface area contributed by atoms with Gasteiger partial charge in [-0.3, -0.25) is 4.79 Å². The number of hydrogen-bond acceptors (Lipinski definition) is 2. The van der Waals surface area contributed by atoms with Gasteiger partial charge in [0, 0.05) is 12.2 Å². The van der Waals surface area contributed by atoms with Crippen LogP contribution in [0.15, 0.2) is 18.2 Å². The lowest BCUT2D eigenvalue weighted by Gasteiger charge is -2.16. The Morgan fingerprint density at radius 3 is 2.62 bits per heavy atom. The Hall–Kier alpha value is -1.06. The van der Waals surface area contributed by atoms with Crippen LogP contribution in [0.3, 0.4) is 0 Å². The maximum atomic E-state index is 11.8. The zero-order valence-electron chi connectivity index (χ0n) is 8.32. The van der Waals surface area contributed by atoms with Crippen LogP contribution in [-0.4, -0.2) is 18.7 Å². The first kappa shape index (κ1) is 11.4. The van der Waals surface area contributed by atoms with Crippen molar-refractivity contribution in [3.8, 4) is 0 Å². The number of rotatable bonds is 2. The summed E-state index contributed by atoms with van der Waals surface area (Å²) >= 11 is 11.7. The van der Waals surface area contributed by atoms with E-state index in [2.05, 4.69) is 0 Å². The maximum Gasteiger partial charge on any atom is 0.237 e. The number of carbonyl (C=O) groups is 2. The molecule has 1 unspecified atom stereocenters. The molecule has 1 aromatic rings. The number of amides is 1. The molecule has 1 heterocycles. The SMILES string of the molecule is O=CC1CCN(c2ccc(Cl)c(Cl)c2)C1=O. The number of benzene rings is 1. The van der Waals surface area contributed by atoms with Crippen LogP contribution >= 0.6 is 23.2 Å². The van der Waals surface area contributed by atoms with Crippen molar-refractivity contribution in [2.24, 2.45) is 5.92 Å². The van der Waals surface area contributed by atoms with Crippen molar-refractivity contribution >= 4 is 41.1 Å². The van der Waals surface area contributed by atoms with E-state index in [-0.39, 0.29) is 5.91 Å². The second-order valence-corrected chi connectivity index (χ2v) is 4.43. The second-order valence-electron chi connectivity index (χ2n) is 3.62. The monoisotopic (exact) mass is 257 g/mol. The van der Waals surface area contributed by atoms with E-state index in [4.69, 9.17) is 23.2 Å². The Kier molecular flexibility index (Phi) is 3.17. The quantitative estimate of drug-likeness (QED) is 0.603. The summed E-state index contributed by atoms with van der Waals surface area (Å²) in [6.45, 7) is 0.542. The molecule has 0 aromatic heterocycles. The molecule has 1 aromatic carbocycles. The predicted octanol–water partition coefficient (Wildman–Crippen LogP) is 2.55. The normalized spacial score (nSPS) is 20.2. The fourth-order valence-electron chi connectivity index (χ4n) is 1.74. The van der Waals surface area contributed by atoms with E-state index in [1.54, 1.807) is 23.1 Å². The summed E-state index contributed by atoms with van der Waals surface area (Å²) < 4.78 is 0. The average Bonchev–Trinajstić information content (AvgIpc) is 2.64. The van der Waals surface area contributed by atoms with Crippen LogP contribution in [0.2, 0.25) is 10.0 Å². The summed E-state index contributed by atoms with van der Waals surface area (Å²) in [6, 6.07) is 5.00. The first-order chi connectivity index (χ1) is 7.63. The first-order valence-corrected chi connectivity index (χ1v) is 5.61. The largest absolute Gasteiger partial charge is 0.312 e. The number of anilines is 1. The summed E-state index contributed by atoms with van der Waals surface area (Å²) in [5.74, 6) is -0.692. The van der Waals surface area contributed by atoms with E-state index in [9.17, 15) is 9.59 Å². The molecule has 3 nitrogen and oxygen atoms in total. The van der Waals surface area contributed by atoms with Crippen LogP contribution in [0, 0.1) is 5.92 Å².